The second kappa shape index (κ2) is 6.51. The molecule has 2 aliphatic rings. The summed E-state index contributed by atoms with van der Waals surface area (Å²) in [4.78, 5) is 2.49. The molecule has 0 atom stereocenters. The Kier molecular flexibility index (Phi) is 4.37. The van der Waals surface area contributed by atoms with E-state index in [1.807, 2.05) is 12.1 Å². The van der Waals surface area contributed by atoms with Crippen molar-refractivity contribution in [2.24, 2.45) is 0 Å². The summed E-state index contributed by atoms with van der Waals surface area (Å²) in [7, 11) is 0. The summed E-state index contributed by atoms with van der Waals surface area (Å²) in [6.45, 7) is 8.30. The Morgan fingerprint density at radius 3 is 2.92 bits per heavy atom. The van der Waals surface area contributed by atoms with Gasteiger partial charge in [0.2, 0.25) is 0 Å². The molecule has 128 valence electrons. The predicted molar refractivity (Wildman–Crippen MR) is 93.8 cm³/mol. The van der Waals surface area contributed by atoms with Crippen molar-refractivity contribution in [1.82, 2.24) is 14.1 Å². The Hall–Kier alpha value is -1.36. The van der Waals surface area contributed by atoms with E-state index in [1.165, 1.54) is 36.8 Å². The van der Waals surface area contributed by atoms with Crippen LogP contribution in [0.5, 0.6) is 11.5 Å². The standard InChI is InChI=1S/C18H23N3O2Se/c1-18(2)17-16(19-20-24-17)14-7-6-13(12-15(14)23-18)22-11-10-21-8-4-3-5-9-21/h6-7,12H,3-5,8-11H2,1-2H3. The van der Waals surface area contributed by atoms with Gasteiger partial charge < -0.3 is 0 Å². The molecule has 0 radical (unpaired) electrons. The van der Waals surface area contributed by atoms with E-state index in [-0.39, 0.29) is 20.3 Å². The summed E-state index contributed by atoms with van der Waals surface area (Å²) in [5.41, 5.74) is 1.70. The molecule has 0 N–H and O–H groups in total. The fourth-order valence-corrected chi connectivity index (χ4v) is 4.91. The average Bonchev–Trinajstić information content (AvgIpc) is 3.06. The first-order valence-electron chi connectivity index (χ1n) is 8.65. The van der Waals surface area contributed by atoms with Crippen LogP contribution in [-0.2, 0) is 5.60 Å². The molecular weight excluding hydrogens is 369 g/mol. The monoisotopic (exact) mass is 393 g/mol. The summed E-state index contributed by atoms with van der Waals surface area (Å²) < 4.78 is 17.7. The zero-order valence-electron chi connectivity index (χ0n) is 14.2. The Bertz CT molecular complexity index is 723. The first-order chi connectivity index (χ1) is 11.6. The molecule has 1 saturated heterocycles. The number of rotatable bonds is 4. The molecule has 2 aromatic rings. The van der Waals surface area contributed by atoms with Crippen molar-refractivity contribution in [2.75, 3.05) is 26.2 Å². The van der Waals surface area contributed by atoms with E-state index in [0.29, 0.717) is 0 Å². The SMILES string of the molecule is CC1(C)Oc2cc(OCCN3CCCCC3)ccc2-c2nn[se]c21. The summed E-state index contributed by atoms with van der Waals surface area (Å²) >= 11 is 0.0557. The molecule has 3 heterocycles. The van der Waals surface area contributed by atoms with Crippen LogP contribution in [0.2, 0.25) is 0 Å². The Morgan fingerprint density at radius 1 is 1.25 bits per heavy atom. The number of ether oxygens (including phenoxy) is 2. The molecule has 0 spiro atoms. The minimum atomic E-state index is -0.335. The van der Waals surface area contributed by atoms with E-state index in [2.05, 4.69) is 34.0 Å². The number of hydrogen-bond donors (Lipinski definition) is 0. The molecule has 5 nitrogen and oxygen atoms in total. The molecule has 0 saturated carbocycles. The normalized spacial score (nSPS) is 19.2. The molecule has 1 aromatic heterocycles. The van der Waals surface area contributed by atoms with Crippen LogP contribution < -0.4 is 9.47 Å². The van der Waals surface area contributed by atoms with E-state index >= 15 is 0 Å². The van der Waals surface area contributed by atoms with Gasteiger partial charge in [0.25, 0.3) is 0 Å². The minimum absolute atomic E-state index is 0.0557. The van der Waals surface area contributed by atoms with Gasteiger partial charge in [-0.2, -0.15) is 0 Å². The number of likely N-dealkylation sites (tertiary alicyclic amines) is 1. The molecule has 1 aromatic carbocycles. The average molecular weight is 392 g/mol. The van der Waals surface area contributed by atoms with Crippen molar-refractivity contribution in [3.8, 4) is 22.8 Å². The van der Waals surface area contributed by atoms with Crippen molar-refractivity contribution in [3.05, 3.63) is 22.6 Å². The zero-order chi connectivity index (χ0) is 16.6. The predicted octanol–water partition coefficient (Wildman–Crippen LogP) is 2.69. The molecule has 0 bridgehead atoms. The fraction of sp³-hybridized carbons (Fsp3) is 0.556. The van der Waals surface area contributed by atoms with Crippen LogP contribution in [-0.4, -0.2) is 55.1 Å². The maximum absolute atomic E-state index is 6.22. The van der Waals surface area contributed by atoms with E-state index in [0.717, 1.165) is 35.9 Å². The molecule has 4 rings (SSSR count). The van der Waals surface area contributed by atoms with Gasteiger partial charge in [0, 0.05) is 0 Å². The Labute approximate surface area is 148 Å². The van der Waals surface area contributed by atoms with Crippen molar-refractivity contribution in [3.63, 3.8) is 0 Å². The van der Waals surface area contributed by atoms with E-state index in [9.17, 15) is 0 Å². The van der Waals surface area contributed by atoms with Gasteiger partial charge in [-0.3, -0.25) is 0 Å². The number of fused-ring (bicyclic) bond motifs is 3. The topological polar surface area (TPSA) is 47.5 Å². The van der Waals surface area contributed by atoms with Crippen molar-refractivity contribution >= 4 is 14.7 Å². The van der Waals surface area contributed by atoms with Gasteiger partial charge >= 0.3 is 142 Å². The third kappa shape index (κ3) is 3.10. The van der Waals surface area contributed by atoms with Gasteiger partial charge in [0.15, 0.2) is 0 Å². The maximum atomic E-state index is 6.22. The second-order valence-electron chi connectivity index (χ2n) is 6.97. The van der Waals surface area contributed by atoms with Crippen molar-refractivity contribution in [2.45, 2.75) is 38.7 Å². The Balaban J connectivity index is 1.46. The third-order valence-electron chi connectivity index (χ3n) is 4.73. The van der Waals surface area contributed by atoms with Gasteiger partial charge in [0.1, 0.15) is 0 Å². The quantitative estimate of drug-likeness (QED) is 0.749. The first kappa shape index (κ1) is 16.1. The van der Waals surface area contributed by atoms with Gasteiger partial charge in [-0.15, -0.1) is 0 Å². The fourth-order valence-electron chi connectivity index (χ4n) is 3.43. The van der Waals surface area contributed by atoms with Crippen LogP contribution >= 0.6 is 0 Å². The van der Waals surface area contributed by atoms with Crippen LogP contribution in [0.15, 0.2) is 18.2 Å². The van der Waals surface area contributed by atoms with Gasteiger partial charge in [-0.25, -0.2) is 0 Å². The molecule has 1 fully saturated rings. The summed E-state index contributed by atoms with van der Waals surface area (Å²) in [5, 5.41) is 4.35. The van der Waals surface area contributed by atoms with E-state index in [4.69, 9.17) is 9.47 Å². The van der Waals surface area contributed by atoms with E-state index in [1.54, 1.807) is 0 Å². The van der Waals surface area contributed by atoms with E-state index < -0.39 is 0 Å². The number of piperidine rings is 1. The summed E-state index contributed by atoms with van der Waals surface area (Å²) in [6, 6.07) is 6.07. The van der Waals surface area contributed by atoms with Crippen LogP contribution in [0.1, 0.15) is 37.5 Å². The van der Waals surface area contributed by atoms with Crippen molar-refractivity contribution < 1.29 is 9.47 Å². The molecular formula is C18H23N3O2Se. The third-order valence-corrected chi connectivity index (χ3v) is 6.90. The van der Waals surface area contributed by atoms with Crippen LogP contribution in [0.25, 0.3) is 11.3 Å². The van der Waals surface area contributed by atoms with Gasteiger partial charge in [-0.05, 0) is 0 Å². The Morgan fingerprint density at radius 2 is 2.08 bits per heavy atom. The number of hydrogen-bond acceptors (Lipinski definition) is 5. The molecule has 0 aliphatic carbocycles. The summed E-state index contributed by atoms with van der Waals surface area (Å²) in [5.74, 6) is 1.72. The number of aromatic nitrogens is 2. The van der Waals surface area contributed by atoms with Crippen molar-refractivity contribution in [1.29, 1.82) is 0 Å². The molecule has 2 aliphatic heterocycles. The van der Waals surface area contributed by atoms with Gasteiger partial charge in [-0.1, -0.05) is 6.42 Å². The molecule has 6 heteroatoms. The van der Waals surface area contributed by atoms with Crippen LogP contribution in [0.3, 0.4) is 0 Å². The number of nitrogens with zero attached hydrogens (tertiary/aromatic N) is 3. The molecule has 24 heavy (non-hydrogen) atoms. The van der Waals surface area contributed by atoms with Gasteiger partial charge in [0.05, 0.1) is 0 Å². The molecule has 0 unspecified atom stereocenters. The summed E-state index contributed by atoms with van der Waals surface area (Å²) in [6.07, 6.45) is 4.00. The first-order valence-corrected chi connectivity index (χ1v) is 10.3. The van der Waals surface area contributed by atoms with Crippen LogP contribution in [0.4, 0.5) is 0 Å². The molecule has 0 amide bonds. The zero-order valence-corrected chi connectivity index (χ0v) is 16.0. The second-order valence-corrected chi connectivity index (χ2v) is 8.55. The van der Waals surface area contributed by atoms with Crippen LogP contribution in [0, 0.1) is 0 Å². The number of benzene rings is 1.